The molecule has 0 bridgehead atoms. The van der Waals surface area contributed by atoms with Gasteiger partial charge in [0.05, 0.1) is 0 Å². The predicted octanol–water partition coefficient (Wildman–Crippen LogP) is 8.88. The smallest absolute Gasteiger partial charge is 0.0150 e. The van der Waals surface area contributed by atoms with Crippen LogP contribution in [-0.4, -0.2) is 0 Å². The molecule has 0 nitrogen and oxygen atoms in total. The highest BCUT2D eigenvalue weighted by Gasteiger charge is 2.07. The van der Waals surface area contributed by atoms with Crippen LogP contribution in [0.15, 0.2) is 115 Å². The maximum atomic E-state index is 2.30. The molecule has 1 atom stereocenters. The molecule has 0 heteroatoms. The average Bonchev–Trinajstić information content (AvgIpc) is 2.86. The number of rotatable bonds is 8. The second-order valence-corrected chi connectivity index (χ2v) is 8.59. The Morgan fingerprint density at radius 3 is 1.56 bits per heavy atom. The highest BCUT2D eigenvalue weighted by atomic mass is 14.1. The fraction of sp³-hybridized carbons (Fsp3) is 0.188. The second kappa shape index (κ2) is 10.8. The standard InChI is InChI=1S/C32H32/c1-3-4-6-9-26-12-16-29(17-13-26)31-20-22-32(23-21-31)30-18-14-27(15-19-30)24-25(2)28-10-7-5-8-11-28/h3-5,7-8,10-23,25H,6,9,24H2,1-2H3/t25-/m1/s1. The SMILES string of the molecule is CC=CCCc1ccc(-c2ccc(-c3ccc(C[C@@H](C)c4ccccc4)cc3)cc2)cc1. The summed E-state index contributed by atoms with van der Waals surface area (Å²) in [4.78, 5) is 0. The van der Waals surface area contributed by atoms with E-state index in [1.165, 1.54) is 38.9 Å². The van der Waals surface area contributed by atoms with E-state index < -0.39 is 0 Å². The zero-order valence-electron chi connectivity index (χ0n) is 19.2. The molecule has 0 saturated carbocycles. The summed E-state index contributed by atoms with van der Waals surface area (Å²) in [7, 11) is 0. The lowest BCUT2D eigenvalue weighted by molar-refractivity contribution is 0.759. The van der Waals surface area contributed by atoms with Gasteiger partial charge in [-0.15, -0.1) is 0 Å². The van der Waals surface area contributed by atoms with Crippen molar-refractivity contribution in [1.29, 1.82) is 0 Å². The van der Waals surface area contributed by atoms with Gasteiger partial charge >= 0.3 is 0 Å². The normalized spacial score (nSPS) is 12.2. The summed E-state index contributed by atoms with van der Waals surface area (Å²) in [5.41, 5.74) is 9.25. The van der Waals surface area contributed by atoms with Crippen LogP contribution in [0.3, 0.4) is 0 Å². The van der Waals surface area contributed by atoms with Gasteiger partial charge in [-0.3, -0.25) is 0 Å². The van der Waals surface area contributed by atoms with E-state index in [4.69, 9.17) is 0 Å². The molecule has 0 unspecified atom stereocenters. The van der Waals surface area contributed by atoms with Gasteiger partial charge in [0.1, 0.15) is 0 Å². The summed E-state index contributed by atoms with van der Waals surface area (Å²) in [5.74, 6) is 0.524. The van der Waals surface area contributed by atoms with Crippen molar-refractivity contribution in [2.24, 2.45) is 0 Å². The van der Waals surface area contributed by atoms with Crippen molar-refractivity contribution in [1.82, 2.24) is 0 Å². The molecule has 4 aromatic rings. The minimum atomic E-state index is 0.524. The summed E-state index contributed by atoms with van der Waals surface area (Å²) in [5, 5.41) is 0. The molecule has 0 fully saturated rings. The molecule has 0 spiro atoms. The highest BCUT2D eigenvalue weighted by molar-refractivity contribution is 5.70. The Kier molecular flexibility index (Phi) is 7.35. The minimum Gasteiger partial charge on any atom is -0.0917 e. The Morgan fingerprint density at radius 1 is 0.594 bits per heavy atom. The second-order valence-electron chi connectivity index (χ2n) is 8.59. The van der Waals surface area contributed by atoms with Gasteiger partial charge in [0.25, 0.3) is 0 Å². The van der Waals surface area contributed by atoms with E-state index in [2.05, 4.69) is 129 Å². The van der Waals surface area contributed by atoms with Crippen molar-refractivity contribution in [2.75, 3.05) is 0 Å². The summed E-state index contributed by atoms with van der Waals surface area (Å²) in [6.45, 7) is 4.38. The van der Waals surface area contributed by atoms with Gasteiger partial charge in [0, 0.05) is 0 Å². The van der Waals surface area contributed by atoms with Crippen molar-refractivity contribution in [3.8, 4) is 22.3 Å². The van der Waals surface area contributed by atoms with Crippen molar-refractivity contribution < 1.29 is 0 Å². The number of hydrogen-bond acceptors (Lipinski definition) is 0. The van der Waals surface area contributed by atoms with Crippen molar-refractivity contribution in [3.05, 3.63) is 132 Å². The van der Waals surface area contributed by atoms with E-state index >= 15 is 0 Å². The van der Waals surface area contributed by atoms with Crippen LogP contribution in [0.25, 0.3) is 22.3 Å². The van der Waals surface area contributed by atoms with Gasteiger partial charge < -0.3 is 0 Å². The Labute approximate surface area is 193 Å². The average molecular weight is 417 g/mol. The molecule has 32 heavy (non-hydrogen) atoms. The van der Waals surface area contributed by atoms with E-state index in [-0.39, 0.29) is 0 Å². The molecule has 4 aromatic carbocycles. The summed E-state index contributed by atoms with van der Waals surface area (Å²) >= 11 is 0. The van der Waals surface area contributed by atoms with Crippen molar-refractivity contribution in [3.63, 3.8) is 0 Å². The lowest BCUT2D eigenvalue weighted by Gasteiger charge is -2.12. The Balaban J connectivity index is 1.40. The van der Waals surface area contributed by atoms with Gasteiger partial charge in [0.2, 0.25) is 0 Å². The molecular formula is C32H32. The number of allylic oxidation sites excluding steroid dienone is 2. The molecule has 0 radical (unpaired) electrons. The van der Waals surface area contributed by atoms with E-state index in [1.807, 2.05) is 0 Å². The third-order valence-electron chi connectivity index (χ3n) is 6.21. The van der Waals surface area contributed by atoms with Crippen LogP contribution in [-0.2, 0) is 12.8 Å². The zero-order chi connectivity index (χ0) is 22.2. The molecule has 0 aliphatic heterocycles. The van der Waals surface area contributed by atoms with Crippen LogP contribution >= 0.6 is 0 Å². The van der Waals surface area contributed by atoms with Crippen molar-refractivity contribution in [2.45, 2.75) is 39.0 Å². The molecule has 0 saturated heterocycles. The Hall–Kier alpha value is -3.38. The molecule has 0 N–H and O–H groups in total. The fourth-order valence-electron chi connectivity index (χ4n) is 4.22. The topological polar surface area (TPSA) is 0 Å². The molecule has 0 aromatic heterocycles. The molecule has 160 valence electrons. The van der Waals surface area contributed by atoms with Crippen LogP contribution in [0.5, 0.6) is 0 Å². The van der Waals surface area contributed by atoms with Gasteiger partial charge in [-0.1, -0.05) is 122 Å². The highest BCUT2D eigenvalue weighted by Crippen LogP contribution is 2.27. The lowest BCUT2D eigenvalue weighted by atomic mass is 9.92. The van der Waals surface area contributed by atoms with Gasteiger partial charge in [-0.2, -0.15) is 0 Å². The fourth-order valence-corrected chi connectivity index (χ4v) is 4.22. The summed E-state index contributed by atoms with van der Waals surface area (Å²) in [6.07, 6.45) is 7.61. The van der Waals surface area contributed by atoms with Gasteiger partial charge in [-0.25, -0.2) is 0 Å². The minimum absolute atomic E-state index is 0.524. The van der Waals surface area contributed by atoms with Crippen LogP contribution in [0.4, 0.5) is 0 Å². The number of hydrogen-bond donors (Lipinski definition) is 0. The Bertz CT molecular complexity index is 1120. The molecule has 4 rings (SSSR count). The quantitative estimate of drug-likeness (QED) is 0.252. The van der Waals surface area contributed by atoms with E-state index in [9.17, 15) is 0 Å². The monoisotopic (exact) mass is 416 g/mol. The first kappa shape index (κ1) is 21.8. The third-order valence-corrected chi connectivity index (χ3v) is 6.21. The first-order valence-electron chi connectivity index (χ1n) is 11.7. The molecule has 0 heterocycles. The van der Waals surface area contributed by atoms with Gasteiger partial charge in [-0.05, 0) is 71.0 Å². The molecule has 0 aliphatic carbocycles. The van der Waals surface area contributed by atoms with E-state index in [0.29, 0.717) is 5.92 Å². The van der Waals surface area contributed by atoms with Crippen molar-refractivity contribution >= 4 is 0 Å². The molecule has 0 aliphatic rings. The Morgan fingerprint density at radius 2 is 1.06 bits per heavy atom. The molecule has 0 amide bonds. The first-order valence-corrected chi connectivity index (χ1v) is 11.7. The van der Waals surface area contributed by atoms with Crippen LogP contribution in [0, 0.1) is 0 Å². The van der Waals surface area contributed by atoms with Crippen LogP contribution < -0.4 is 0 Å². The maximum absolute atomic E-state index is 2.30. The molecular weight excluding hydrogens is 384 g/mol. The number of aryl methyl sites for hydroxylation is 1. The van der Waals surface area contributed by atoms with E-state index in [1.54, 1.807) is 0 Å². The van der Waals surface area contributed by atoms with Crippen LogP contribution in [0.2, 0.25) is 0 Å². The van der Waals surface area contributed by atoms with Crippen LogP contribution in [0.1, 0.15) is 42.9 Å². The van der Waals surface area contributed by atoms with Gasteiger partial charge in [0.15, 0.2) is 0 Å². The zero-order valence-corrected chi connectivity index (χ0v) is 19.2. The predicted molar refractivity (Wildman–Crippen MR) is 139 cm³/mol. The summed E-state index contributed by atoms with van der Waals surface area (Å²) < 4.78 is 0. The first-order chi connectivity index (χ1) is 15.7. The van der Waals surface area contributed by atoms with E-state index in [0.717, 1.165) is 19.3 Å². The largest absolute Gasteiger partial charge is 0.0917 e. The summed E-state index contributed by atoms with van der Waals surface area (Å²) in [6, 6.07) is 37.7. The third kappa shape index (κ3) is 5.65. The maximum Gasteiger partial charge on any atom is -0.0150 e. The lowest BCUT2D eigenvalue weighted by Crippen LogP contribution is -1.98. The number of benzene rings is 4.